The van der Waals surface area contributed by atoms with Crippen LogP contribution in [0.25, 0.3) is 10.9 Å². The molecule has 1 aliphatic rings. The number of benzene rings is 1. The minimum absolute atomic E-state index is 0.0137. The molecule has 106 valence electrons. The summed E-state index contributed by atoms with van der Waals surface area (Å²) in [6.45, 7) is 1.45. The Kier molecular flexibility index (Phi) is 3.17. The highest BCUT2D eigenvalue weighted by molar-refractivity contribution is 5.78. The van der Waals surface area contributed by atoms with Gasteiger partial charge in [0.2, 0.25) is 0 Å². The maximum absolute atomic E-state index is 14.0. The van der Waals surface area contributed by atoms with E-state index in [4.69, 9.17) is 0 Å². The van der Waals surface area contributed by atoms with E-state index in [0.29, 0.717) is 12.1 Å². The number of nitrogens with zero attached hydrogens (tertiary/aromatic N) is 2. The molecule has 1 aliphatic heterocycles. The summed E-state index contributed by atoms with van der Waals surface area (Å²) in [7, 11) is 1.57. The van der Waals surface area contributed by atoms with Crippen LogP contribution in [0.2, 0.25) is 0 Å². The fourth-order valence-corrected chi connectivity index (χ4v) is 2.85. The lowest BCUT2D eigenvalue weighted by atomic mass is 10.1. The first-order chi connectivity index (χ1) is 9.61. The largest absolute Gasteiger partial charge is 0.331 e. The highest BCUT2D eigenvalue weighted by atomic mass is 19.1. The Morgan fingerprint density at radius 2 is 2.15 bits per heavy atom. The van der Waals surface area contributed by atoms with Crippen molar-refractivity contribution in [3.63, 3.8) is 0 Å². The Hall–Kier alpha value is -1.95. The molecule has 20 heavy (non-hydrogen) atoms. The van der Waals surface area contributed by atoms with Crippen LogP contribution < -0.4 is 16.6 Å². The summed E-state index contributed by atoms with van der Waals surface area (Å²) >= 11 is 0. The maximum Gasteiger partial charge on any atom is 0.331 e. The Morgan fingerprint density at radius 3 is 2.85 bits per heavy atom. The van der Waals surface area contributed by atoms with Gasteiger partial charge in [0.25, 0.3) is 5.56 Å². The van der Waals surface area contributed by atoms with E-state index in [1.165, 1.54) is 21.3 Å². The van der Waals surface area contributed by atoms with Gasteiger partial charge in [0.1, 0.15) is 5.82 Å². The number of piperidine rings is 1. The first kappa shape index (κ1) is 13.1. The molecule has 6 heteroatoms. The van der Waals surface area contributed by atoms with E-state index in [2.05, 4.69) is 5.32 Å². The molecule has 1 N–H and O–H groups in total. The van der Waals surface area contributed by atoms with Gasteiger partial charge in [-0.25, -0.2) is 9.18 Å². The van der Waals surface area contributed by atoms with Crippen LogP contribution in [0.1, 0.15) is 18.9 Å². The van der Waals surface area contributed by atoms with Crippen molar-refractivity contribution in [2.24, 2.45) is 7.05 Å². The van der Waals surface area contributed by atoms with Gasteiger partial charge < -0.3 is 5.32 Å². The number of aromatic nitrogens is 2. The molecule has 0 spiro atoms. The van der Waals surface area contributed by atoms with Crippen molar-refractivity contribution in [2.45, 2.75) is 18.9 Å². The molecule has 1 aromatic heterocycles. The third-order valence-corrected chi connectivity index (χ3v) is 3.91. The Morgan fingerprint density at radius 1 is 1.35 bits per heavy atom. The molecule has 0 radical (unpaired) electrons. The first-order valence-corrected chi connectivity index (χ1v) is 6.71. The molecule has 3 rings (SSSR count). The second-order valence-electron chi connectivity index (χ2n) is 5.15. The molecular formula is C14H16FN3O2. The number of hydrogen-bond acceptors (Lipinski definition) is 3. The molecule has 0 saturated carbocycles. The fourth-order valence-electron chi connectivity index (χ4n) is 2.85. The van der Waals surface area contributed by atoms with Crippen LogP contribution in [0, 0.1) is 5.82 Å². The van der Waals surface area contributed by atoms with Crippen molar-refractivity contribution < 1.29 is 4.39 Å². The monoisotopic (exact) mass is 277 g/mol. The highest BCUT2D eigenvalue weighted by Crippen LogP contribution is 2.16. The lowest BCUT2D eigenvalue weighted by Gasteiger charge is -2.25. The molecule has 1 aromatic carbocycles. The van der Waals surface area contributed by atoms with Gasteiger partial charge in [-0.2, -0.15) is 0 Å². The summed E-state index contributed by atoms with van der Waals surface area (Å²) < 4.78 is 16.5. The fraction of sp³-hybridized carbons (Fsp3) is 0.429. The zero-order valence-electron chi connectivity index (χ0n) is 11.2. The van der Waals surface area contributed by atoms with E-state index in [1.807, 2.05) is 0 Å². The average molecular weight is 277 g/mol. The number of aryl methyl sites for hydroxylation is 1. The van der Waals surface area contributed by atoms with Gasteiger partial charge in [0, 0.05) is 13.6 Å². The third-order valence-electron chi connectivity index (χ3n) is 3.91. The summed E-state index contributed by atoms with van der Waals surface area (Å²) in [5.74, 6) is -0.583. The van der Waals surface area contributed by atoms with Crippen molar-refractivity contribution in [2.75, 3.05) is 13.1 Å². The van der Waals surface area contributed by atoms with E-state index >= 15 is 0 Å². The van der Waals surface area contributed by atoms with Crippen LogP contribution in [0.15, 0.2) is 27.8 Å². The second kappa shape index (κ2) is 4.86. The van der Waals surface area contributed by atoms with E-state index in [0.717, 1.165) is 19.4 Å². The SMILES string of the molecule is Cn1c(=O)n(C2CCCNC2)c(=O)c2c(F)cccc21. The number of fused-ring (bicyclic) bond motifs is 1. The molecule has 0 aliphatic carbocycles. The molecule has 0 bridgehead atoms. The molecule has 5 nitrogen and oxygen atoms in total. The molecule has 1 saturated heterocycles. The zero-order valence-corrected chi connectivity index (χ0v) is 11.2. The normalized spacial score (nSPS) is 19.4. The van der Waals surface area contributed by atoms with E-state index in [-0.39, 0.29) is 17.1 Å². The van der Waals surface area contributed by atoms with Crippen LogP contribution in [0.5, 0.6) is 0 Å². The lowest BCUT2D eigenvalue weighted by molar-refractivity contribution is 0.351. The summed E-state index contributed by atoms with van der Waals surface area (Å²) in [6, 6.07) is 4.13. The topological polar surface area (TPSA) is 56.0 Å². The Bertz CT molecular complexity index is 772. The maximum atomic E-state index is 14.0. The first-order valence-electron chi connectivity index (χ1n) is 6.71. The van der Waals surface area contributed by atoms with E-state index in [9.17, 15) is 14.0 Å². The molecule has 2 heterocycles. The minimum Gasteiger partial charge on any atom is -0.315 e. The lowest BCUT2D eigenvalue weighted by Crippen LogP contribution is -2.46. The zero-order chi connectivity index (χ0) is 14.3. The third kappa shape index (κ3) is 1.87. The van der Waals surface area contributed by atoms with Crippen LogP contribution in [0.4, 0.5) is 4.39 Å². The molecule has 1 atom stereocenters. The van der Waals surface area contributed by atoms with Gasteiger partial charge in [0.15, 0.2) is 0 Å². The van der Waals surface area contributed by atoms with E-state index < -0.39 is 11.4 Å². The van der Waals surface area contributed by atoms with Gasteiger partial charge >= 0.3 is 5.69 Å². The predicted molar refractivity (Wildman–Crippen MR) is 74.5 cm³/mol. The molecule has 1 fully saturated rings. The van der Waals surface area contributed by atoms with Gasteiger partial charge in [-0.05, 0) is 31.5 Å². The van der Waals surface area contributed by atoms with Crippen molar-refractivity contribution in [3.05, 3.63) is 44.9 Å². The molecule has 0 amide bonds. The van der Waals surface area contributed by atoms with Crippen molar-refractivity contribution in [3.8, 4) is 0 Å². The summed E-state index contributed by atoms with van der Waals surface area (Å²) in [5, 5.41) is 3.15. The average Bonchev–Trinajstić information content (AvgIpc) is 2.46. The number of rotatable bonds is 1. The molecule has 2 aromatic rings. The van der Waals surface area contributed by atoms with Crippen LogP contribution in [-0.4, -0.2) is 22.2 Å². The molecular weight excluding hydrogens is 261 g/mol. The van der Waals surface area contributed by atoms with Crippen LogP contribution in [0.3, 0.4) is 0 Å². The van der Waals surface area contributed by atoms with Crippen molar-refractivity contribution in [1.29, 1.82) is 0 Å². The summed E-state index contributed by atoms with van der Waals surface area (Å²) in [5.41, 5.74) is -0.586. The minimum atomic E-state index is -0.583. The number of nitrogens with one attached hydrogen (secondary N) is 1. The molecule has 1 unspecified atom stereocenters. The van der Waals surface area contributed by atoms with E-state index in [1.54, 1.807) is 13.1 Å². The predicted octanol–water partition coefficient (Wildman–Crippen LogP) is 0.764. The number of hydrogen-bond donors (Lipinski definition) is 1. The Labute approximate surface area is 114 Å². The summed E-state index contributed by atoms with van der Waals surface area (Å²) in [4.78, 5) is 24.9. The Balaban J connectivity index is 2.35. The van der Waals surface area contributed by atoms with Gasteiger partial charge in [0.05, 0.1) is 16.9 Å². The van der Waals surface area contributed by atoms with Crippen molar-refractivity contribution >= 4 is 10.9 Å². The van der Waals surface area contributed by atoms with Crippen molar-refractivity contribution in [1.82, 2.24) is 14.5 Å². The number of halogens is 1. The smallest absolute Gasteiger partial charge is 0.315 e. The summed E-state index contributed by atoms with van der Waals surface area (Å²) in [6.07, 6.45) is 1.65. The van der Waals surface area contributed by atoms with Crippen LogP contribution in [-0.2, 0) is 7.05 Å². The quantitative estimate of drug-likeness (QED) is 0.837. The van der Waals surface area contributed by atoms with Gasteiger partial charge in [-0.1, -0.05) is 6.07 Å². The standard InChI is InChI=1S/C14H16FN3O2/c1-17-11-6-2-5-10(15)12(11)13(19)18(14(17)20)9-4-3-7-16-8-9/h2,5-6,9,16H,3-4,7-8H2,1H3. The highest BCUT2D eigenvalue weighted by Gasteiger charge is 2.22. The van der Waals surface area contributed by atoms with Gasteiger partial charge in [-0.3, -0.25) is 13.9 Å². The van der Waals surface area contributed by atoms with Gasteiger partial charge in [-0.15, -0.1) is 0 Å². The van der Waals surface area contributed by atoms with Crippen LogP contribution >= 0.6 is 0 Å². The second-order valence-corrected chi connectivity index (χ2v) is 5.15.